The fourth-order valence-electron chi connectivity index (χ4n) is 6.09. The van der Waals surface area contributed by atoms with Crippen molar-refractivity contribution in [1.29, 1.82) is 0 Å². The first-order chi connectivity index (χ1) is 7.68. The molecule has 1 heteroatoms. The molecule has 1 nitrogen and oxygen atoms in total. The molecule has 3 aliphatic carbocycles. The van der Waals surface area contributed by atoms with E-state index in [1.165, 1.54) is 38.5 Å². The van der Waals surface area contributed by atoms with Crippen LogP contribution in [-0.4, -0.2) is 12.3 Å². The second kappa shape index (κ2) is 2.73. The summed E-state index contributed by atoms with van der Waals surface area (Å²) in [7, 11) is 0. The van der Waals surface area contributed by atoms with Crippen molar-refractivity contribution in [2.24, 2.45) is 33.6 Å². The molecule has 3 saturated carbocycles. The van der Waals surface area contributed by atoms with E-state index in [9.17, 15) is 0 Å². The van der Waals surface area contributed by atoms with Crippen LogP contribution in [0.3, 0.4) is 0 Å². The fraction of sp³-hybridized carbons (Fsp3) is 0.933. The van der Waals surface area contributed by atoms with Crippen molar-refractivity contribution >= 4 is 6.21 Å². The van der Waals surface area contributed by atoms with E-state index in [2.05, 4.69) is 20.1 Å². The number of rotatable bonds is 0. The molecular formula is C15H23N. The summed E-state index contributed by atoms with van der Waals surface area (Å²) in [6, 6.07) is 0.713. The van der Waals surface area contributed by atoms with E-state index in [0.29, 0.717) is 16.9 Å². The van der Waals surface area contributed by atoms with Gasteiger partial charge in [0.1, 0.15) is 0 Å². The highest BCUT2D eigenvalue weighted by Gasteiger charge is 2.66. The van der Waals surface area contributed by atoms with Gasteiger partial charge in [0.15, 0.2) is 0 Å². The molecule has 0 aromatic heterocycles. The van der Waals surface area contributed by atoms with Crippen molar-refractivity contribution < 1.29 is 0 Å². The third-order valence-corrected chi connectivity index (χ3v) is 6.89. The summed E-state index contributed by atoms with van der Waals surface area (Å²) >= 11 is 0. The van der Waals surface area contributed by atoms with Crippen LogP contribution in [0.5, 0.6) is 0 Å². The molecule has 4 bridgehead atoms. The van der Waals surface area contributed by atoms with Crippen molar-refractivity contribution in [3.63, 3.8) is 0 Å². The van der Waals surface area contributed by atoms with Gasteiger partial charge in [-0.15, -0.1) is 0 Å². The smallest absolute Gasteiger partial charge is 0.0586 e. The minimum absolute atomic E-state index is 0.441. The standard InChI is InChI=1S/C15H23N/c1-10-11-5-3-7-15-8-4-6-12(15)14(10,2)9-16-13(11)15/h9-13H,3-8H2,1-2H3/t10-,11+,12-,13+,14-,15-/m0/s1. The Balaban J connectivity index is 1.92. The van der Waals surface area contributed by atoms with E-state index in [4.69, 9.17) is 4.99 Å². The Morgan fingerprint density at radius 3 is 2.75 bits per heavy atom. The molecule has 3 fully saturated rings. The molecule has 88 valence electrons. The fourth-order valence-corrected chi connectivity index (χ4v) is 6.09. The van der Waals surface area contributed by atoms with Gasteiger partial charge in [0.05, 0.1) is 6.04 Å². The lowest BCUT2D eigenvalue weighted by atomic mass is 9.42. The first-order valence-electron chi connectivity index (χ1n) is 7.23. The van der Waals surface area contributed by atoms with Crippen molar-refractivity contribution in [2.45, 2.75) is 58.4 Å². The maximum absolute atomic E-state index is 5.01. The Bertz CT molecular complexity index is 360. The summed E-state index contributed by atoms with van der Waals surface area (Å²) in [5.74, 6) is 2.76. The second-order valence-corrected chi connectivity index (χ2v) is 7.11. The second-order valence-electron chi connectivity index (χ2n) is 7.11. The van der Waals surface area contributed by atoms with E-state index < -0.39 is 0 Å². The van der Waals surface area contributed by atoms with Gasteiger partial charge < -0.3 is 0 Å². The van der Waals surface area contributed by atoms with Crippen LogP contribution in [0.15, 0.2) is 4.99 Å². The highest BCUT2D eigenvalue weighted by atomic mass is 14.9. The van der Waals surface area contributed by atoms with Crippen LogP contribution in [0.4, 0.5) is 0 Å². The Morgan fingerprint density at radius 2 is 1.94 bits per heavy atom. The topological polar surface area (TPSA) is 12.4 Å². The van der Waals surface area contributed by atoms with Gasteiger partial charge in [0.2, 0.25) is 0 Å². The molecule has 6 atom stereocenters. The van der Waals surface area contributed by atoms with Crippen LogP contribution < -0.4 is 0 Å². The molecule has 1 spiro atoms. The SMILES string of the molecule is C[C@H]1[C@H]2CCC[C@]34CCC[C@H]3[C@@]1(C)C=N[C@H]24. The van der Waals surface area contributed by atoms with Gasteiger partial charge in [-0.1, -0.05) is 26.7 Å². The molecule has 0 aromatic carbocycles. The highest BCUT2D eigenvalue weighted by molar-refractivity contribution is 5.70. The van der Waals surface area contributed by atoms with E-state index in [1.807, 2.05) is 0 Å². The molecule has 16 heavy (non-hydrogen) atoms. The predicted octanol–water partition coefficient (Wildman–Crippen LogP) is 3.68. The van der Waals surface area contributed by atoms with Crippen LogP contribution in [0, 0.1) is 28.6 Å². The summed E-state index contributed by atoms with van der Waals surface area (Å²) in [6.07, 6.45) is 11.2. The van der Waals surface area contributed by atoms with Gasteiger partial charge in [-0.25, -0.2) is 0 Å². The molecule has 0 radical (unpaired) electrons. The van der Waals surface area contributed by atoms with Crippen LogP contribution >= 0.6 is 0 Å². The van der Waals surface area contributed by atoms with Gasteiger partial charge >= 0.3 is 0 Å². The maximum Gasteiger partial charge on any atom is 0.0586 e. The Kier molecular flexibility index (Phi) is 1.65. The van der Waals surface area contributed by atoms with Crippen molar-refractivity contribution in [1.82, 2.24) is 0 Å². The highest BCUT2D eigenvalue weighted by Crippen LogP contribution is 2.69. The number of hydrogen-bond acceptors (Lipinski definition) is 1. The largest absolute Gasteiger partial charge is 0.293 e. The molecule has 0 aromatic rings. The maximum atomic E-state index is 5.01. The third kappa shape index (κ3) is 0.822. The quantitative estimate of drug-likeness (QED) is 0.587. The number of aliphatic imine (C=N–C) groups is 1. The molecule has 5 aliphatic rings. The Morgan fingerprint density at radius 1 is 1.19 bits per heavy atom. The minimum atomic E-state index is 0.441. The lowest BCUT2D eigenvalue weighted by Crippen LogP contribution is -2.63. The molecular weight excluding hydrogens is 194 g/mol. The molecule has 2 heterocycles. The monoisotopic (exact) mass is 217 g/mol. The molecule has 0 amide bonds. The van der Waals surface area contributed by atoms with Gasteiger partial charge in [-0.3, -0.25) is 4.99 Å². The van der Waals surface area contributed by atoms with E-state index in [0.717, 1.165) is 17.8 Å². The lowest BCUT2D eigenvalue weighted by molar-refractivity contribution is -0.0966. The molecule has 2 aliphatic heterocycles. The predicted molar refractivity (Wildman–Crippen MR) is 66.7 cm³/mol. The van der Waals surface area contributed by atoms with Crippen molar-refractivity contribution in [3.8, 4) is 0 Å². The Labute approximate surface area is 98.7 Å². The summed E-state index contributed by atoms with van der Waals surface area (Å²) in [4.78, 5) is 5.01. The van der Waals surface area contributed by atoms with Crippen LogP contribution in [0.2, 0.25) is 0 Å². The van der Waals surface area contributed by atoms with E-state index >= 15 is 0 Å². The average molecular weight is 217 g/mol. The van der Waals surface area contributed by atoms with Crippen LogP contribution in [0.25, 0.3) is 0 Å². The number of hydrogen-bond donors (Lipinski definition) is 0. The summed E-state index contributed by atoms with van der Waals surface area (Å²) < 4.78 is 0. The van der Waals surface area contributed by atoms with Gasteiger partial charge in [0, 0.05) is 11.6 Å². The molecule has 0 saturated heterocycles. The van der Waals surface area contributed by atoms with E-state index in [-0.39, 0.29) is 0 Å². The normalized spacial score (nSPS) is 62.4. The Hall–Kier alpha value is -0.330. The zero-order valence-corrected chi connectivity index (χ0v) is 10.6. The lowest BCUT2D eigenvalue weighted by Gasteiger charge is -2.64. The van der Waals surface area contributed by atoms with Crippen molar-refractivity contribution in [2.75, 3.05) is 0 Å². The van der Waals surface area contributed by atoms with Crippen LogP contribution in [0.1, 0.15) is 52.4 Å². The average Bonchev–Trinajstić information content (AvgIpc) is 2.71. The third-order valence-electron chi connectivity index (χ3n) is 6.89. The zero-order chi connectivity index (χ0) is 11.0. The van der Waals surface area contributed by atoms with Crippen molar-refractivity contribution in [3.05, 3.63) is 0 Å². The van der Waals surface area contributed by atoms with Gasteiger partial charge in [-0.2, -0.15) is 0 Å². The van der Waals surface area contributed by atoms with Crippen LogP contribution in [-0.2, 0) is 0 Å². The van der Waals surface area contributed by atoms with Gasteiger partial charge in [0.25, 0.3) is 0 Å². The molecule has 0 N–H and O–H groups in total. The number of nitrogens with zero attached hydrogens (tertiary/aromatic N) is 1. The molecule has 0 unspecified atom stereocenters. The summed E-state index contributed by atoms with van der Waals surface area (Å²) in [5, 5.41) is 0. The van der Waals surface area contributed by atoms with Gasteiger partial charge in [-0.05, 0) is 48.9 Å². The van der Waals surface area contributed by atoms with E-state index in [1.54, 1.807) is 0 Å². The first kappa shape index (κ1) is 9.67. The summed E-state index contributed by atoms with van der Waals surface area (Å²) in [6.45, 7) is 5.02. The zero-order valence-electron chi connectivity index (χ0n) is 10.6. The summed E-state index contributed by atoms with van der Waals surface area (Å²) in [5.41, 5.74) is 1.09. The molecule has 5 rings (SSSR count). The first-order valence-corrected chi connectivity index (χ1v) is 7.23. The minimum Gasteiger partial charge on any atom is -0.293 e.